The number of hydrogen-bond acceptors (Lipinski definition) is 2. The monoisotopic (exact) mass is 438 g/mol. The van der Waals surface area contributed by atoms with Crippen LogP contribution < -0.4 is 0 Å². The molecule has 11 heteroatoms. The van der Waals surface area contributed by atoms with Crippen LogP contribution in [0.15, 0.2) is 17.0 Å². The first kappa shape index (κ1) is 16.8. The molecule has 0 N–H and O–H groups in total. The Bertz CT molecular complexity index is 607. The minimum Gasteiger partial charge on any atom is -0.207 e. The fourth-order valence-corrected chi connectivity index (χ4v) is 3.59. The van der Waals surface area contributed by atoms with E-state index in [2.05, 4.69) is 0 Å². The molecule has 0 fully saturated rings. The van der Waals surface area contributed by atoms with E-state index in [1.54, 1.807) is 0 Å². The largest absolute Gasteiger partial charge is 0.418 e. The molecule has 0 aliphatic rings. The van der Waals surface area contributed by atoms with Crippen LogP contribution in [0.2, 0.25) is 0 Å². The zero-order valence-electron chi connectivity index (χ0n) is 8.40. The molecular formula is C8H2ClF6IO2S. The van der Waals surface area contributed by atoms with Gasteiger partial charge in [-0.15, -0.1) is 0 Å². The quantitative estimate of drug-likeness (QED) is 0.373. The Morgan fingerprint density at radius 3 is 1.79 bits per heavy atom. The summed E-state index contributed by atoms with van der Waals surface area (Å²) in [4.78, 5) is -1.40. The summed E-state index contributed by atoms with van der Waals surface area (Å²) in [6.45, 7) is 0. The van der Waals surface area contributed by atoms with Gasteiger partial charge < -0.3 is 0 Å². The van der Waals surface area contributed by atoms with Gasteiger partial charge in [0.15, 0.2) is 0 Å². The van der Waals surface area contributed by atoms with Crippen molar-refractivity contribution in [1.82, 2.24) is 0 Å². The van der Waals surface area contributed by atoms with Crippen molar-refractivity contribution >= 4 is 42.3 Å². The maximum atomic E-state index is 12.7. The molecule has 108 valence electrons. The van der Waals surface area contributed by atoms with Gasteiger partial charge in [-0.3, -0.25) is 0 Å². The molecule has 0 saturated heterocycles. The Kier molecular flexibility index (Phi) is 4.38. The van der Waals surface area contributed by atoms with E-state index in [0.29, 0.717) is 0 Å². The number of hydrogen-bond donors (Lipinski definition) is 0. The molecule has 0 aliphatic carbocycles. The van der Waals surface area contributed by atoms with Crippen molar-refractivity contribution in [2.75, 3.05) is 0 Å². The molecular weight excluding hydrogens is 436 g/mol. The van der Waals surface area contributed by atoms with Crippen LogP contribution in [0.1, 0.15) is 11.1 Å². The third kappa shape index (κ3) is 3.66. The zero-order chi connectivity index (χ0) is 15.2. The predicted octanol–water partition coefficient (Wildman–Crippen LogP) is 4.26. The standard InChI is InChI=1S/C8H2ClF6IO2S/c9-19(17,18)4-2-1-3(7(10,11)12)6(16)5(4)8(13,14)15/h1-2H. The minimum atomic E-state index is -5.28. The lowest BCUT2D eigenvalue weighted by atomic mass is 10.1. The lowest BCUT2D eigenvalue weighted by molar-refractivity contribution is -0.145. The molecule has 0 bridgehead atoms. The van der Waals surface area contributed by atoms with E-state index in [9.17, 15) is 34.8 Å². The average Bonchev–Trinajstić information content (AvgIpc) is 2.11. The molecule has 0 amide bonds. The second kappa shape index (κ2) is 4.95. The fraction of sp³-hybridized carbons (Fsp3) is 0.250. The Labute approximate surface area is 121 Å². The highest BCUT2D eigenvalue weighted by atomic mass is 127. The van der Waals surface area contributed by atoms with Crippen LogP contribution in [0.5, 0.6) is 0 Å². The molecule has 0 radical (unpaired) electrons. The van der Waals surface area contributed by atoms with E-state index in [0.717, 1.165) is 22.6 Å². The molecule has 2 nitrogen and oxygen atoms in total. The molecule has 0 heterocycles. The highest BCUT2D eigenvalue weighted by Gasteiger charge is 2.44. The molecule has 0 unspecified atom stereocenters. The van der Waals surface area contributed by atoms with Crippen molar-refractivity contribution in [1.29, 1.82) is 0 Å². The van der Waals surface area contributed by atoms with Crippen molar-refractivity contribution in [2.45, 2.75) is 17.2 Å². The van der Waals surface area contributed by atoms with Crippen LogP contribution in [0.4, 0.5) is 26.3 Å². The van der Waals surface area contributed by atoms with Crippen LogP contribution in [-0.4, -0.2) is 8.42 Å². The lowest BCUT2D eigenvalue weighted by Gasteiger charge is -2.17. The molecule has 0 spiro atoms. The van der Waals surface area contributed by atoms with Gasteiger partial charge in [0.25, 0.3) is 9.05 Å². The van der Waals surface area contributed by atoms with E-state index in [1.165, 1.54) is 0 Å². The SMILES string of the molecule is O=S(=O)(Cl)c1ccc(C(F)(F)F)c(I)c1C(F)(F)F. The first-order valence-corrected chi connectivity index (χ1v) is 7.56. The molecule has 1 aromatic carbocycles. The van der Waals surface area contributed by atoms with E-state index in [4.69, 9.17) is 10.7 Å². The minimum absolute atomic E-state index is 0.191. The maximum absolute atomic E-state index is 12.7. The number of rotatable bonds is 1. The Morgan fingerprint density at radius 1 is 1.00 bits per heavy atom. The van der Waals surface area contributed by atoms with Crippen molar-refractivity contribution in [2.24, 2.45) is 0 Å². The summed E-state index contributed by atoms with van der Waals surface area (Å²) in [6, 6.07) is 0.433. The van der Waals surface area contributed by atoms with Gasteiger partial charge >= 0.3 is 12.4 Å². The van der Waals surface area contributed by atoms with Gasteiger partial charge in [-0.2, -0.15) is 26.3 Å². The summed E-state index contributed by atoms with van der Waals surface area (Å²) >= 11 is 0.794. The summed E-state index contributed by atoms with van der Waals surface area (Å²) in [6.07, 6.45) is -10.3. The Morgan fingerprint density at radius 2 is 1.47 bits per heavy atom. The van der Waals surface area contributed by atoms with Crippen LogP contribution in [0, 0.1) is 3.57 Å². The van der Waals surface area contributed by atoms with Gasteiger partial charge in [-0.05, 0) is 34.7 Å². The van der Waals surface area contributed by atoms with Crippen LogP contribution in [-0.2, 0) is 21.4 Å². The van der Waals surface area contributed by atoms with Crippen LogP contribution in [0.3, 0.4) is 0 Å². The van der Waals surface area contributed by atoms with E-state index in [-0.39, 0.29) is 12.1 Å². The molecule has 0 aromatic heterocycles. The number of benzene rings is 1. The second-order valence-corrected chi connectivity index (χ2v) is 6.85. The van der Waals surface area contributed by atoms with Gasteiger partial charge in [-0.1, -0.05) is 0 Å². The zero-order valence-corrected chi connectivity index (χ0v) is 12.1. The van der Waals surface area contributed by atoms with Crippen molar-refractivity contribution in [3.63, 3.8) is 0 Å². The van der Waals surface area contributed by atoms with Gasteiger partial charge in [0.2, 0.25) is 0 Å². The van der Waals surface area contributed by atoms with Crippen molar-refractivity contribution in [3.05, 3.63) is 26.8 Å². The smallest absolute Gasteiger partial charge is 0.207 e. The van der Waals surface area contributed by atoms with Crippen molar-refractivity contribution in [3.8, 4) is 0 Å². The first-order valence-electron chi connectivity index (χ1n) is 4.18. The lowest BCUT2D eigenvalue weighted by Crippen LogP contribution is -2.18. The van der Waals surface area contributed by atoms with E-state index in [1.807, 2.05) is 0 Å². The summed E-state index contributed by atoms with van der Waals surface area (Å²) in [7, 11) is -0.0253. The highest BCUT2D eigenvalue weighted by molar-refractivity contribution is 14.1. The Hall–Kier alpha value is -0.230. The molecule has 0 aliphatic heterocycles. The summed E-state index contributed by atoms with van der Waals surface area (Å²) in [5.74, 6) is 0. The van der Waals surface area contributed by atoms with Crippen molar-refractivity contribution < 1.29 is 34.8 Å². The summed E-state index contributed by atoms with van der Waals surface area (Å²) in [5.41, 5.74) is -3.50. The third-order valence-electron chi connectivity index (χ3n) is 1.96. The highest BCUT2D eigenvalue weighted by Crippen LogP contribution is 2.43. The average molecular weight is 439 g/mol. The predicted molar refractivity (Wildman–Crippen MR) is 62.2 cm³/mol. The van der Waals surface area contributed by atoms with Crippen LogP contribution >= 0.6 is 33.3 Å². The topological polar surface area (TPSA) is 34.1 Å². The molecule has 19 heavy (non-hydrogen) atoms. The molecule has 1 rings (SSSR count). The molecule has 0 atom stereocenters. The third-order valence-corrected chi connectivity index (χ3v) is 4.44. The maximum Gasteiger partial charge on any atom is 0.418 e. The fourth-order valence-electron chi connectivity index (χ4n) is 1.24. The second-order valence-electron chi connectivity index (χ2n) is 3.23. The Balaban J connectivity index is 3.81. The number of halogens is 8. The van der Waals surface area contributed by atoms with Gasteiger partial charge in [0, 0.05) is 14.3 Å². The van der Waals surface area contributed by atoms with Gasteiger partial charge in [0.1, 0.15) is 0 Å². The molecule has 1 aromatic rings. The van der Waals surface area contributed by atoms with E-state index < -0.39 is 41.0 Å². The first-order chi connectivity index (χ1) is 8.26. The summed E-state index contributed by atoms with van der Waals surface area (Å²) < 4.78 is 96.3. The molecule has 0 saturated carbocycles. The van der Waals surface area contributed by atoms with Gasteiger partial charge in [0.05, 0.1) is 16.0 Å². The normalized spacial score (nSPS) is 13.7. The van der Waals surface area contributed by atoms with Crippen LogP contribution in [0.25, 0.3) is 0 Å². The number of alkyl halides is 6. The van der Waals surface area contributed by atoms with Gasteiger partial charge in [-0.25, -0.2) is 8.42 Å². The van der Waals surface area contributed by atoms with E-state index >= 15 is 0 Å². The summed E-state index contributed by atoms with van der Waals surface area (Å²) in [5, 5.41) is 0.